The third kappa shape index (κ3) is 3.00. The first-order valence-corrected chi connectivity index (χ1v) is 7.70. The maximum Gasteiger partial charge on any atom is 0.324 e. The van der Waals surface area contributed by atoms with Crippen molar-refractivity contribution in [3.05, 3.63) is 71.3 Å². The van der Waals surface area contributed by atoms with Crippen LogP contribution in [0.1, 0.15) is 28.4 Å². The molecule has 0 aliphatic rings. The summed E-state index contributed by atoms with van der Waals surface area (Å²) in [5.74, 6) is -1.02. The van der Waals surface area contributed by atoms with E-state index in [1.165, 1.54) is 11.8 Å². The number of benzene rings is 2. The molecule has 21 heavy (non-hydrogen) atoms. The number of thioether (sulfide) groups is 1. The summed E-state index contributed by atoms with van der Waals surface area (Å²) in [7, 11) is 0. The smallest absolute Gasteiger partial charge is 0.324 e. The molecule has 2 aromatic carbocycles. The van der Waals surface area contributed by atoms with Gasteiger partial charge >= 0.3 is 5.97 Å². The van der Waals surface area contributed by atoms with Crippen LogP contribution in [0.4, 0.5) is 0 Å². The van der Waals surface area contributed by atoms with E-state index in [1.807, 2.05) is 6.07 Å². The number of hydrogen-bond donors (Lipinski definition) is 1. The van der Waals surface area contributed by atoms with Crippen molar-refractivity contribution in [2.24, 2.45) is 0 Å². The number of ketones is 1. The van der Waals surface area contributed by atoms with Crippen LogP contribution in [-0.2, 0) is 9.54 Å². The van der Waals surface area contributed by atoms with Crippen molar-refractivity contribution in [1.82, 2.24) is 0 Å². The lowest BCUT2D eigenvalue weighted by molar-refractivity contribution is -0.139. The van der Waals surface area contributed by atoms with Crippen molar-refractivity contribution in [2.45, 2.75) is 11.7 Å². The van der Waals surface area contributed by atoms with E-state index < -0.39 is 10.7 Å². The minimum Gasteiger partial charge on any atom is -0.480 e. The highest BCUT2D eigenvalue weighted by Crippen LogP contribution is 2.35. The second-order valence-corrected chi connectivity index (χ2v) is 6.04. The minimum atomic E-state index is -1.06. The van der Waals surface area contributed by atoms with Crippen molar-refractivity contribution >= 4 is 23.5 Å². The lowest BCUT2D eigenvalue weighted by Gasteiger charge is -2.23. The molecule has 0 amide bonds. The molecular formula is C17H16O3S. The molecule has 0 bridgehead atoms. The molecule has 0 aliphatic heterocycles. The summed E-state index contributed by atoms with van der Waals surface area (Å²) in [6.45, 7) is 1.64. The van der Waals surface area contributed by atoms with E-state index in [4.69, 9.17) is 0 Å². The Labute approximate surface area is 128 Å². The number of hydrogen-bond acceptors (Lipinski definition) is 3. The second-order valence-electron chi connectivity index (χ2n) is 4.82. The quantitative estimate of drug-likeness (QED) is 0.858. The van der Waals surface area contributed by atoms with E-state index in [0.29, 0.717) is 16.7 Å². The van der Waals surface area contributed by atoms with Gasteiger partial charge in [0, 0.05) is 11.1 Å². The van der Waals surface area contributed by atoms with E-state index in [2.05, 4.69) is 0 Å². The molecule has 108 valence electrons. The van der Waals surface area contributed by atoms with Crippen molar-refractivity contribution in [1.29, 1.82) is 0 Å². The van der Waals surface area contributed by atoms with Gasteiger partial charge in [-0.15, -0.1) is 11.8 Å². The van der Waals surface area contributed by atoms with Gasteiger partial charge in [0.1, 0.15) is 4.75 Å². The highest BCUT2D eigenvalue weighted by molar-refractivity contribution is 8.00. The zero-order valence-corrected chi connectivity index (χ0v) is 12.7. The first-order valence-electron chi connectivity index (χ1n) is 6.48. The normalized spacial score (nSPS) is 13.4. The van der Waals surface area contributed by atoms with Gasteiger partial charge in [-0.2, -0.15) is 0 Å². The molecule has 2 rings (SSSR count). The average Bonchev–Trinajstić information content (AvgIpc) is 2.54. The molecule has 1 N–H and O–H groups in total. The fourth-order valence-corrected chi connectivity index (χ4v) is 2.58. The average molecular weight is 300 g/mol. The molecule has 0 aromatic heterocycles. The largest absolute Gasteiger partial charge is 0.480 e. The van der Waals surface area contributed by atoms with Gasteiger partial charge in [0.25, 0.3) is 0 Å². The third-order valence-corrected chi connectivity index (χ3v) is 4.75. The topological polar surface area (TPSA) is 54.4 Å². The molecule has 0 radical (unpaired) electrons. The molecule has 4 heteroatoms. The van der Waals surface area contributed by atoms with E-state index in [0.717, 1.165) is 0 Å². The molecule has 0 spiro atoms. The molecule has 3 nitrogen and oxygen atoms in total. The highest BCUT2D eigenvalue weighted by atomic mass is 32.2. The monoisotopic (exact) mass is 300 g/mol. The molecule has 1 unspecified atom stereocenters. The number of carbonyl (C=O) groups is 2. The van der Waals surface area contributed by atoms with Gasteiger partial charge < -0.3 is 5.11 Å². The number of carboxylic acids is 1. The first kappa shape index (κ1) is 15.3. The Morgan fingerprint density at radius 1 is 1.00 bits per heavy atom. The zero-order valence-electron chi connectivity index (χ0n) is 11.9. The Morgan fingerprint density at radius 2 is 1.62 bits per heavy atom. The van der Waals surface area contributed by atoms with E-state index in [-0.39, 0.29) is 5.78 Å². The third-order valence-electron chi connectivity index (χ3n) is 3.53. The van der Waals surface area contributed by atoms with Crippen LogP contribution in [0.5, 0.6) is 0 Å². The van der Waals surface area contributed by atoms with Crippen LogP contribution in [-0.4, -0.2) is 23.1 Å². The van der Waals surface area contributed by atoms with Gasteiger partial charge in [-0.25, -0.2) is 0 Å². The van der Waals surface area contributed by atoms with Crippen molar-refractivity contribution in [3.63, 3.8) is 0 Å². The molecule has 2 aromatic rings. The summed E-state index contributed by atoms with van der Waals surface area (Å²) in [5.41, 5.74) is 1.71. The Kier molecular flexibility index (Phi) is 4.48. The fourth-order valence-electron chi connectivity index (χ4n) is 2.04. The van der Waals surface area contributed by atoms with E-state index in [9.17, 15) is 14.7 Å². The maximum atomic E-state index is 12.4. The van der Waals surface area contributed by atoms with E-state index in [1.54, 1.807) is 61.7 Å². The Bertz CT molecular complexity index is 667. The predicted octanol–water partition coefficient (Wildman–Crippen LogP) is 3.58. The van der Waals surface area contributed by atoms with Crippen molar-refractivity contribution < 1.29 is 14.7 Å². The number of carbonyl (C=O) groups excluding carboxylic acids is 1. The van der Waals surface area contributed by atoms with Crippen LogP contribution >= 0.6 is 11.8 Å². The fraction of sp³-hybridized carbons (Fsp3) is 0.176. The van der Waals surface area contributed by atoms with E-state index >= 15 is 0 Å². The summed E-state index contributed by atoms with van der Waals surface area (Å²) in [5, 5.41) is 9.43. The number of carboxylic acid groups (broad SMARTS) is 1. The van der Waals surface area contributed by atoms with Gasteiger partial charge in [0.15, 0.2) is 5.78 Å². The lowest BCUT2D eigenvalue weighted by Crippen LogP contribution is -2.28. The van der Waals surface area contributed by atoms with Crippen LogP contribution in [0.3, 0.4) is 0 Å². The summed E-state index contributed by atoms with van der Waals surface area (Å²) < 4.78 is -1.06. The van der Waals surface area contributed by atoms with Gasteiger partial charge in [0.05, 0.1) is 0 Å². The second kappa shape index (κ2) is 6.14. The van der Waals surface area contributed by atoms with Gasteiger partial charge in [0.2, 0.25) is 0 Å². The molecule has 0 heterocycles. The van der Waals surface area contributed by atoms with Crippen LogP contribution in [0.25, 0.3) is 0 Å². The SMILES string of the molecule is CSC(C)(C(=O)O)c1cccc(C(=O)c2ccccc2)c1. The van der Waals surface area contributed by atoms with Gasteiger partial charge in [-0.1, -0.05) is 48.5 Å². The molecule has 1 atom stereocenters. The molecule has 0 saturated heterocycles. The molecule has 0 aliphatic carbocycles. The van der Waals surface area contributed by atoms with Crippen LogP contribution in [0.15, 0.2) is 54.6 Å². The maximum absolute atomic E-state index is 12.4. The van der Waals surface area contributed by atoms with Crippen LogP contribution in [0, 0.1) is 0 Å². The number of rotatable bonds is 5. The van der Waals surface area contributed by atoms with Crippen LogP contribution in [0.2, 0.25) is 0 Å². The standard InChI is InChI=1S/C17H16O3S/c1-17(21-2,16(19)20)14-10-6-9-13(11-14)15(18)12-7-4-3-5-8-12/h3-11H,1-2H3,(H,19,20). The first-order chi connectivity index (χ1) is 9.99. The number of aliphatic carboxylic acids is 1. The molecular weight excluding hydrogens is 284 g/mol. The molecule has 0 saturated carbocycles. The van der Waals surface area contributed by atoms with Crippen molar-refractivity contribution in [2.75, 3.05) is 6.26 Å². The lowest BCUT2D eigenvalue weighted by atomic mass is 9.95. The predicted molar refractivity (Wildman–Crippen MR) is 84.8 cm³/mol. The zero-order chi connectivity index (χ0) is 15.5. The Morgan fingerprint density at radius 3 is 2.19 bits per heavy atom. The van der Waals surface area contributed by atoms with Gasteiger partial charge in [-0.05, 0) is 24.8 Å². The minimum absolute atomic E-state index is 0.105. The Balaban J connectivity index is 2.43. The van der Waals surface area contributed by atoms with Gasteiger partial charge in [-0.3, -0.25) is 9.59 Å². The van der Waals surface area contributed by atoms with Crippen molar-refractivity contribution in [3.8, 4) is 0 Å². The highest BCUT2D eigenvalue weighted by Gasteiger charge is 2.34. The molecule has 0 fully saturated rings. The Hall–Kier alpha value is -2.07. The summed E-state index contributed by atoms with van der Waals surface area (Å²) in [6, 6.07) is 15.8. The van der Waals surface area contributed by atoms with Crippen LogP contribution < -0.4 is 0 Å². The summed E-state index contributed by atoms with van der Waals surface area (Å²) in [6.07, 6.45) is 1.75. The summed E-state index contributed by atoms with van der Waals surface area (Å²) >= 11 is 1.24. The summed E-state index contributed by atoms with van der Waals surface area (Å²) in [4.78, 5) is 23.9.